The quantitative estimate of drug-likeness (QED) is 0.256. The number of amidine groups is 2. The summed E-state index contributed by atoms with van der Waals surface area (Å²) < 4.78 is 7.25. The molecule has 1 atom stereocenters. The maximum Gasteiger partial charge on any atom is 0.179 e. The molecular formula is C33H28N6O2. The minimum atomic E-state index is -0.312. The Morgan fingerprint density at radius 1 is 0.854 bits per heavy atom. The first-order valence-corrected chi connectivity index (χ1v) is 13.4. The fourth-order valence-corrected chi connectivity index (χ4v) is 5.49. The van der Waals surface area contributed by atoms with Crippen LogP contribution in [0.3, 0.4) is 0 Å². The summed E-state index contributed by atoms with van der Waals surface area (Å²) >= 11 is 0. The average Bonchev–Trinajstić information content (AvgIpc) is 3.32. The first-order chi connectivity index (χ1) is 20.0. The standard InChI is InChI=1S/C33H28N6O2/c1-20-11-15-24(16-12-20)39-32-29(21(2)37-39)30(22-7-6-8-25(40)19-22)38-28-10-5-4-9-27(28)35-31(33(38)36-32)34-23-13-17-26(41-3)18-14-23/h4-19,30,40H,1-3H3,(H,34,35). The summed E-state index contributed by atoms with van der Waals surface area (Å²) in [4.78, 5) is 12.5. The van der Waals surface area contributed by atoms with Crippen LogP contribution in [0.1, 0.15) is 28.4 Å². The highest BCUT2D eigenvalue weighted by atomic mass is 16.5. The topological polar surface area (TPSA) is 87.3 Å². The zero-order valence-corrected chi connectivity index (χ0v) is 22.9. The number of ether oxygens (including phenoxy) is 1. The number of phenolic OH excluding ortho intramolecular Hbond substituents is 1. The van der Waals surface area contributed by atoms with Gasteiger partial charge in [-0.2, -0.15) is 5.10 Å². The SMILES string of the molecule is COc1ccc(NC2=Nc3ccccc3N3C2=Nc2c(c(C)nn2-c2ccc(C)cc2)C3c2cccc(O)c2)cc1. The summed E-state index contributed by atoms with van der Waals surface area (Å²) in [5.74, 6) is 2.98. The molecule has 1 unspecified atom stereocenters. The number of aryl methyl sites for hydroxylation is 2. The molecule has 0 aliphatic carbocycles. The second-order valence-electron chi connectivity index (χ2n) is 10.2. The van der Waals surface area contributed by atoms with Crippen LogP contribution in [0.25, 0.3) is 5.69 Å². The van der Waals surface area contributed by atoms with Crippen LogP contribution in [0.15, 0.2) is 107 Å². The molecule has 0 saturated heterocycles. The van der Waals surface area contributed by atoms with Crippen molar-refractivity contribution in [1.82, 2.24) is 9.78 Å². The van der Waals surface area contributed by atoms with Crippen molar-refractivity contribution < 1.29 is 9.84 Å². The van der Waals surface area contributed by atoms with Gasteiger partial charge in [-0.05, 0) is 80.1 Å². The molecule has 5 aromatic rings. The third-order valence-corrected chi connectivity index (χ3v) is 7.46. The Hall–Kier alpha value is -5.37. The Bertz CT molecular complexity index is 1840. The van der Waals surface area contributed by atoms with Gasteiger partial charge in [-0.1, -0.05) is 42.0 Å². The van der Waals surface area contributed by atoms with E-state index in [0.717, 1.165) is 51.1 Å². The van der Waals surface area contributed by atoms with Gasteiger partial charge in [-0.25, -0.2) is 14.7 Å². The lowest BCUT2D eigenvalue weighted by molar-refractivity contribution is 0.415. The Balaban J connectivity index is 1.47. The van der Waals surface area contributed by atoms with Gasteiger partial charge in [0.25, 0.3) is 0 Å². The molecule has 1 aromatic heterocycles. The number of nitrogens with zero attached hydrogens (tertiary/aromatic N) is 5. The highest BCUT2D eigenvalue weighted by Gasteiger charge is 2.41. The van der Waals surface area contributed by atoms with E-state index >= 15 is 0 Å². The van der Waals surface area contributed by atoms with Crippen LogP contribution in [-0.2, 0) is 0 Å². The number of rotatable bonds is 4. The summed E-state index contributed by atoms with van der Waals surface area (Å²) in [7, 11) is 1.65. The molecule has 2 N–H and O–H groups in total. The number of nitrogens with one attached hydrogen (secondary N) is 1. The fraction of sp³-hybridized carbons (Fsp3) is 0.121. The van der Waals surface area contributed by atoms with Crippen LogP contribution in [0.2, 0.25) is 0 Å². The van der Waals surface area contributed by atoms with Crippen LogP contribution >= 0.6 is 0 Å². The fourth-order valence-electron chi connectivity index (χ4n) is 5.49. The number of aromatic hydroxyl groups is 1. The third-order valence-electron chi connectivity index (χ3n) is 7.46. The van der Waals surface area contributed by atoms with Gasteiger partial charge < -0.3 is 20.1 Å². The number of aliphatic imine (C=N–C) groups is 2. The van der Waals surface area contributed by atoms with Crippen LogP contribution in [0, 0.1) is 13.8 Å². The number of methoxy groups -OCH3 is 1. The molecule has 3 heterocycles. The summed E-state index contributed by atoms with van der Waals surface area (Å²) in [5.41, 5.74) is 7.45. The highest BCUT2D eigenvalue weighted by Crippen LogP contribution is 2.48. The average molecular weight is 541 g/mol. The van der Waals surface area contributed by atoms with Crippen LogP contribution in [0.5, 0.6) is 11.5 Å². The Morgan fingerprint density at radius 2 is 1.63 bits per heavy atom. The van der Waals surface area contributed by atoms with Crippen molar-refractivity contribution in [2.45, 2.75) is 19.9 Å². The van der Waals surface area contributed by atoms with Crippen molar-refractivity contribution in [2.75, 3.05) is 17.3 Å². The maximum absolute atomic E-state index is 10.5. The van der Waals surface area contributed by atoms with E-state index in [1.807, 2.05) is 72.3 Å². The molecule has 0 bridgehead atoms. The molecule has 0 amide bonds. The molecule has 4 aromatic carbocycles. The van der Waals surface area contributed by atoms with Crippen LogP contribution < -0.4 is 15.0 Å². The van der Waals surface area contributed by atoms with E-state index in [2.05, 4.69) is 47.5 Å². The van der Waals surface area contributed by atoms with Gasteiger partial charge >= 0.3 is 0 Å². The summed E-state index contributed by atoms with van der Waals surface area (Å²) in [6.45, 7) is 4.08. The third kappa shape index (κ3) is 4.21. The highest BCUT2D eigenvalue weighted by molar-refractivity contribution is 6.51. The minimum absolute atomic E-state index is 0.201. The smallest absolute Gasteiger partial charge is 0.179 e. The van der Waals surface area contributed by atoms with Crippen LogP contribution in [0.4, 0.5) is 22.9 Å². The summed E-state index contributed by atoms with van der Waals surface area (Å²) in [5, 5.41) is 19.0. The number of para-hydroxylation sites is 2. The lowest BCUT2D eigenvalue weighted by atomic mass is 9.93. The predicted molar refractivity (Wildman–Crippen MR) is 163 cm³/mol. The zero-order valence-electron chi connectivity index (χ0n) is 22.9. The van der Waals surface area contributed by atoms with Gasteiger partial charge in [-0.3, -0.25) is 0 Å². The molecule has 202 valence electrons. The molecular weight excluding hydrogens is 512 g/mol. The Labute approximate surface area is 237 Å². The normalized spacial score (nSPS) is 15.3. The van der Waals surface area contributed by atoms with E-state index in [1.165, 1.54) is 5.56 Å². The lowest BCUT2D eigenvalue weighted by Crippen LogP contribution is -2.46. The van der Waals surface area contributed by atoms with Crippen molar-refractivity contribution in [3.8, 4) is 17.2 Å². The maximum atomic E-state index is 10.5. The van der Waals surface area contributed by atoms with Gasteiger partial charge in [0.2, 0.25) is 0 Å². The molecule has 8 nitrogen and oxygen atoms in total. The number of hydrogen-bond acceptors (Lipinski definition) is 7. The van der Waals surface area contributed by atoms with Gasteiger partial charge in [0.05, 0.1) is 35.9 Å². The number of benzene rings is 4. The monoisotopic (exact) mass is 540 g/mol. The van der Waals surface area contributed by atoms with E-state index in [9.17, 15) is 5.11 Å². The number of fused-ring (bicyclic) bond motifs is 4. The van der Waals surface area contributed by atoms with Gasteiger partial charge in [-0.15, -0.1) is 0 Å². The number of anilines is 2. The first kappa shape index (κ1) is 24.7. The lowest BCUT2D eigenvalue weighted by Gasteiger charge is -2.40. The van der Waals surface area contributed by atoms with Crippen molar-refractivity contribution in [3.63, 3.8) is 0 Å². The molecule has 2 aliphatic heterocycles. The number of aromatic nitrogens is 2. The predicted octanol–water partition coefficient (Wildman–Crippen LogP) is 7.00. The molecule has 2 aliphatic rings. The molecule has 0 saturated carbocycles. The van der Waals surface area contributed by atoms with Crippen molar-refractivity contribution in [2.24, 2.45) is 9.98 Å². The summed E-state index contributed by atoms with van der Waals surface area (Å²) in [6, 6.07) is 31.1. The summed E-state index contributed by atoms with van der Waals surface area (Å²) in [6.07, 6.45) is 0. The Kier molecular flexibility index (Phi) is 5.82. The second-order valence-corrected chi connectivity index (χ2v) is 10.2. The molecule has 7 rings (SSSR count). The molecule has 0 radical (unpaired) electrons. The minimum Gasteiger partial charge on any atom is -0.508 e. The van der Waals surface area contributed by atoms with Gasteiger partial charge in [0.15, 0.2) is 17.5 Å². The van der Waals surface area contributed by atoms with E-state index in [-0.39, 0.29) is 11.8 Å². The zero-order chi connectivity index (χ0) is 28.1. The van der Waals surface area contributed by atoms with E-state index in [0.29, 0.717) is 11.7 Å². The van der Waals surface area contributed by atoms with Crippen LogP contribution in [-0.4, -0.2) is 33.7 Å². The van der Waals surface area contributed by atoms with Gasteiger partial charge in [0, 0.05) is 11.3 Å². The van der Waals surface area contributed by atoms with Crippen molar-refractivity contribution in [1.29, 1.82) is 0 Å². The Morgan fingerprint density at radius 3 is 2.39 bits per heavy atom. The molecule has 8 heteroatoms. The van der Waals surface area contributed by atoms with Gasteiger partial charge in [0.1, 0.15) is 11.5 Å². The van der Waals surface area contributed by atoms with E-state index < -0.39 is 0 Å². The number of phenols is 1. The van der Waals surface area contributed by atoms with Crippen molar-refractivity contribution in [3.05, 3.63) is 119 Å². The largest absolute Gasteiger partial charge is 0.508 e. The first-order valence-electron chi connectivity index (χ1n) is 13.4. The molecule has 0 spiro atoms. The number of hydrogen-bond donors (Lipinski definition) is 2. The van der Waals surface area contributed by atoms with E-state index in [1.54, 1.807) is 13.2 Å². The molecule has 41 heavy (non-hydrogen) atoms. The van der Waals surface area contributed by atoms with E-state index in [4.69, 9.17) is 19.8 Å². The van der Waals surface area contributed by atoms with Crippen molar-refractivity contribution >= 4 is 34.6 Å². The molecule has 0 fully saturated rings. The second kappa shape index (κ2) is 9.67.